The van der Waals surface area contributed by atoms with Crippen LogP contribution in [0.3, 0.4) is 0 Å². The van der Waals surface area contributed by atoms with Gasteiger partial charge in [0.1, 0.15) is 6.04 Å². The van der Waals surface area contributed by atoms with Crippen LogP contribution in [-0.4, -0.2) is 33.5 Å². The quantitative estimate of drug-likeness (QED) is 0.239. The van der Waals surface area contributed by atoms with E-state index in [2.05, 4.69) is 0 Å². The Morgan fingerprint density at radius 1 is 0.917 bits per heavy atom. The molecule has 0 aliphatic carbocycles. The van der Waals surface area contributed by atoms with Gasteiger partial charge in [-0.25, -0.2) is 4.90 Å². The Kier molecular flexibility index (Phi) is 4.86. The van der Waals surface area contributed by atoms with Crippen molar-refractivity contribution in [1.82, 2.24) is 4.90 Å². The molecule has 178 valence electrons. The molecule has 6 rings (SSSR count). The number of nitro benzene ring substituents is 1. The maximum atomic E-state index is 13.9. The Labute approximate surface area is 206 Å². The van der Waals surface area contributed by atoms with Gasteiger partial charge >= 0.3 is 0 Å². The number of anilines is 1. The molecule has 36 heavy (non-hydrogen) atoms. The first-order valence-corrected chi connectivity index (χ1v) is 11.6. The Morgan fingerprint density at radius 2 is 1.64 bits per heavy atom. The van der Waals surface area contributed by atoms with Gasteiger partial charge in [-0.15, -0.1) is 0 Å². The van der Waals surface area contributed by atoms with Crippen molar-refractivity contribution in [2.45, 2.75) is 19.0 Å². The zero-order valence-electron chi connectivity index (χ0n) is 19.3. The lowest BCUT2D eigenvalue weighted by Crippen LogP contribution is -2.44. The van der Waals surface area contributed by atoms with E-state index in [1.807, 2.05) is 49.4 Å². The van der Waals surface area contributed by atoms with Gasteiger partial charge in [-0.1, -0.05) is 54.1 Å². The fourth-order valence-electron chi connectivity index (χ4n) is 5.75. The molecule has 0 aromatic heterocycles. The normalized spacial score (nSPS) is 23.9. The molecule has 3 aromatic carbocycles. The summed E-state index contributed by atoms with van der Waals surface area (Å²) in [6.45, 7) is 1.92. The second-order valence-corrected chi connectivity index (χ2v) is 9.35. The summed E-state index contributed by atoms with van der Waals surface area (Å²) in [5.41, 5.74) is 3.19. The topological polar surface area (TPSA) is 101 Å². The smallest absolute Gasteiger partial charge is 0.270 e. The molecule has 2 amide bonds. The van der Waals surface area contributed by atoms with Gasteiger partial charge in [0.15, 0.2) is 5.78 Å². The van der Waals surface area contributed by atoms with Crippen LogP contribution in [0.4, 0.5) is 11.4 Å². The van der Waals surface area contributed by atoms with Crippen molar-refractivity contribution in [3.8, 4) is 0 Å². The number of amides is 2. The van der Waals surface area contributed by atoms with Crippen LogP contribution in [-0.2, 0) is 9.59 Å². The van der Waals surface area contributed by atoms with Gasteiger partial charge in [0, 0.05) is 23.9 Å². The average Bonchev–Trinajstić information content (AvgIpc) is 3.37. The molecule has 0 bridgehead atoms. The minimum Gasteiger partial charge on any atom is -0.358 e. The highest BCUT2D eigenvalue weighted by Crippen LogP contribution is 2.53. The molecule has 3 aliphatic rings. The number of non-ortho nitro benzene ring substituents is 1. The number of fused-ring (bicyclic) bond motifs is 5. The third-order valence-electron chi connectivity index (χ3n) is 7.36. The van der Waals surface area contributed by atoms with Crippen molar-refractivity contribution in [2.75, 3.05) is 4.90 Å². The molecule has 2 fully saturated rings. The second kappa shape index (κ2) is 7.98. The summed E-state index contributed by atoms with van der Waals surface area (Å²) in [4.78, 5) is 55.4. The summed E-state index contributed by atoms with van der Waals surface area (Å²) in [7, 11) is 0. The van der Waals surface area contributed by atoms with Gasteiger partial charge in [0.2, 0.25) is 11.8 Å². The van der Waals surface area contributed by atoms with Crippen molar-refractivity contribution in [1.29, 1.82) is 0 Å². The fraction of sp³-hybridized carbons (Fsp3) is 0.179. The summed E-state index contributed by atoms with van der Waals surface area (Å²) in [6, 6.07) is 18.8. The average molecular weight is 479 g/mol. The number of benzene rings is 3. The summed E-state index contributed by atoms with van der Waals surface area (Å²) < 4.78 is 0. The molecule has 1 unspecified atom stereocenters. The van der Waals surface area contributed by atoms with E-state index in [0.29, 0.717) is 5.69 Å². The van der Waals surface area contributed by atoms with Crippen molar-refractivity contribution < 1.29 is 19.3 Å². The predicted molar refractivity (Wildman–Crippen MR) is 132 cm³/mol. The van der Waals surface area contributed by atoms with Crippen molar-refractivity contribution in [2.24, 2.45) is 11.8 Å². The second-order valence-electron chi connectivity index (χ2n) is 9.35. The van der Waals surface area contributed by atoms with E-state index in [9.17, 15) is 24.5 Å². The van der Waals surface area contributed by atoms with Crippen LogP contribution in [0.2, 0.25) is 0 Å². The summed E-state index contributed by atoms with van der Waals surface area (Å²) in [6.07, 6.45) is 3.63. The van der Waals surface area contributed by atoms with Crippen LogP contribution in [0.1, 0.15) is 33.1 Å². The summed E-state index contributed by atoms with van der Waals surface area (Å²) in [5, 5.41) is 11.3. The highest BCUT2D eigenvalue weighted by Gasteiger charge is 2.64. The Morgan fingerprint density at radius 3 is 2.39 bits per heavy atom. The van der Waals surface area contributed by atoms with Crippen LogP contribution < -0.4 is 4.90 Å². The monoisotopic (exact) mass is 479 g/mol. The minimum absolute atomic E-state index is 0.134. The number of nitrogens with zero attached hydrogens (tertiary/aromatic N) is 3. The van der Waals surface area contributed by atoms with Crippen LogP contribution in [0.5, 0.6) is 0 Å². The molecule has 8 nitrogen and oxygen atoms in total. The number of carbonyl (C=O) groups excluding carboxylic acids is 3. The molecule has 0 radical (unpaired) electrons. The van der Waals surface area contributed by atoms with E-state index < -0.39 is 40.5 Å². The number of ketones is 1. The minimum atomic E-state index is -0.974. The summed E-state index contributed by atoms with van der Waals surface area (Å²) >= 11 is 0. The molecule has 3 aliphatic heterocycles. The van der Waals surface area contributed by atoms with Gasteiger partial charge in [-0.05, 0) is 36.3 Å². The maximum absolute atomic E-state index is 13.9. The lowest BCUT2D eigenvalue weighted by molar-refractivity contribution is -0.384. The first-order chi connectivity index (χ1) is 17.4. The molecule has 0 spiro atoms. The van der Waals surface area contributed by atoms with E-state index >= 15 is 0 Å². The van der Waals surface area contributed by atoms with Crippen molar-refractivity contribution >= 4 is 35.0 Å². The van der Waals surface area contributed by atoms with E-state index in [-0.39, 0.29) is 17.2 Å². The first-order valence-electron chi connectivity index (χ1n) is 11.6. The van der Waals surface area contributed by atoms with Gasteiger partial charge in [0.25, 0.3) is 5.69 Å². The molecular weight excluding hydrogens is 458 g/mol. The standard InChI is InChI=1S/C28H21N3O5/c1-16-9-11-19(12-10-16)30-27(33)22-23(28(30)34)25(26(32)18-6-4-7-20(15-18)31(35)36)29-14-13-17-5-2-3-8-21(17)24(22)29/h2-15,22-25H,1H3/t22-,23+,24?,25-/m0/s1. The zero-order chi connectivity index (χ0) is 25.1. The molecular formula is C28H21N3O5. The Bertz CT molecular complexity index is 1480. The van der Waals surface area contributed by atoms with E-state index in [1.165, 1.54) is 29.2 Å². The predicted octanol–water partition coefficient (Wildman–Crippen LogP) is 4.30. The van der Waals surface area contributed by atoms with E-state index in [4.69, 9.17) is 0 Å². The van der Waals surface area contributed by atoms with Crippen molar-refractivity contribution in [3.63, 3.8) is 0 Å². The van der Waals surface area contributed by atoms with Crippen LogP contribution >= 0.6 is 0 Å². The first kappa shape index (κ1) is 21.9. The van der Waals surface area contributed by atoms with Crippen LogP contribution in [0, 0.1) is 28.9 Å². The molecule has 8 heteroatoms. The van der Waals surface area contributed by atoms with Gasteiger partial charge in [-0.2, -0.15) is 0 Å². The molecule has 3 heterocycles. The highest BCUT2D eigenvalue weighted by molar-refractivity contribution is 6.24. The number of imide groups is 1. The van der Waals surface area contributed by atoms with Gasteiger partial charge in [0.05, 0.1) is 28.5 Å². The number of aryl methyl sites for hydroxylation is 1. The molecule has 3 aromatic rings. The Balaban J connectivity index is 1.49. The third kappa shape index (κ3) is 3.11. The lowest BCUT2D eigenvalue weighted by Gasteiger charge is -2.35. The summed E-state index contributed by atoms with van der Waals surface area (Å²) in [5.74, 6) is -2.89. The lowest BCUT2D eigenvalue weighted by atomic mass is 9.83. The largest absolute Gasteiger partial charge is 0.358 e. The number of nitro groups is 1. The SMILES string of the molecule is Cc1ccc(N2C(=O)[C@@H]3[C@H](C2=O)C2c4ccccc4C=CN2[C@@H]3C(=O)c2cccc([N+](=O)[O-])c2)cc1. The van der Waals surface area contributed by atoms with E-state index in [0.717, 1.165) is 16.7 Å². The van der Waals surface area contributed by atoms with Crippen LogP contribution in [0.15, 0.2) is 79.0 Å². The molecule has 2 saturated heterocycles. The van der Waals surface area contributed by atoms with Crippen LogP contribution in [0.25, 0.3) is 6.08 Å². The number of hydrogen-bond acceptors (Lipinski definition) is 6. The van der Waals surface area contributed by atoms with Crippen molar-refractivity contribution in [3.05, 3.63) is 111 Å². The molecule has 4 atom stereocenters. The third-order valence-corrected chi connectivity index (χ3v) is 7.36. The Hall–Kier alpha value is -4.59. The van der Waals surface area contributed by atoms with E-state index in [1.54, 1.807) is 23.2 Å². The zero-order valence-corrected chi connectivity index (χ0v) is 19.3. The highest BCUT2D eigenvalue weighted by atomic mass is 16.6. The molecule has 0 N–H and O–H groups in total. The van der Waals surface area contributed by atoms with Gasteiger partial charge in [-0.3, -0.25) is 24.5 Å². The number of Topliss-reactive ketones (excluding diaryl/α,β-unsaturated/α-hetero) is 1. The number of hydrogen-bond donors (Lipinski definition) is 0. The number of carbonyl (C=O) groups is 3. The fourth-order valence-corrected chi connectivity index (χ4v) is 5.75. The maximum Gasteiger partial charge on any atom is 0.270 e. The molecule has 0 saturated carbocycles. The number of rotatable bonds is 4. The van der Waals surface area contributed by atoms with Gasteiger partial charge < -0.3 is 4.90 Å².